The number of nitrogens with zero attached hydrogens (tertiary/aromatic N) is 1. The Kier molecular flexibility index (Phi) is 3.02. The van der Waals surface area contributed by atoms with E-state index < -0.39 is 15.3 Å². The van der Waals surface area contributed by atoms with Gasteiger partial charge in [-0.25, -0.2) is 8.42 Å². The zero-order chi connectivity index (χ0) is 13.5. The smallest absolute Gasteiger partial charge is 0.239 e. The maximum absolute atomic E-state index is 12.3. The van der Waals surface area contributed by atoms with Gasteiger partial charge in [0.25, 0.3) is 0 Å². The molecule has 1 unspecified atom stereocenters. The summed E-state index contributed by atoms with van der Waals surface area (Å²) < 4.78 is 36.8. The van der Waals surface area contributed by atoms with Crippen molar-refractivity contribution in [1.82, 2.24) is 0 Å². The second-order valence-electron chi connectivity index (χ2n) is 4.59. The first-order valence-electron chi connectivity index (χ1n) is 6.24. The van der Waals surface area contributed by atoms with E-state index >= 15 is 0 Å². The molecule has 1 atom stereocenters. The zero-order valence-electron chi connectivity index (χ0n) is 10.4. The maximum Gasteiger partial charge on any atom is 0.239 e. The summed E-state index contributed by atoms with van der Waals surface area (Å²) in [6.07, 6.45) is 0.563. The second-order valence-corrected chi connectivity index (χ2v) is 6.73. The van der Waals surface area contributed by atoms with Crippen molar-refractivity contribution in [1.29, 1.82) is 0 Å². The van der Waals surface area contributed by atoms with Gasteiger partial charge in [-0.1, -0.05) is 0 Å². The Hall–Kier alpha value is -1.47. The van der Waals surface area contributed by atoms with Crippen LogP contribution in [0, 0.1) is 0 Å². The number of anilines is 1. The van der Waals surface area contributed by atoms with Crippen LogP contribution in [0.25, 0.3) is 0 Å². The number of fused-ring (bicyclic) bond motifs is 1. The van der Waals surface area contributed by atoms with Crippen LogP contribution in [0.1, 0.15) is 6.42 Å². The molecule has 1 fully saturated rings. The minimum atomic E-state index is -3.35. The maximum atomic E-state index is 12.3. The van der Waals surface area contributed by atoms with Crippen LogP contribution < -0.4 is 19.5 Å². The number of nitrogens with two attached hydrogens (primary N) is 1. The molecule has 0 aromatic heterocycles. The first kappa shape index (κ1) is 12.6. The Morgan fingerprint density at radius 2 is 2.00 bits per heavy atom. The van der Waals surface area contributed by atoms with Gasteiger partial charge in [-0.2, -0.15) is 0 Å². The molecule has 2 N–H and O–H groups in total. The number of hydrogen-bond donors (Lipinski definition) is 1. The highest BCUT2D eigenvalue weighted by Crippen LogP contribution is 2.36. The van der Waals surface area contributed by atoms with Crippen molar-refractivity contribution in [2.45, 2.75) is 11.7 Å². The van der Waals surface area contributed by atoms with Crippen LogP contribution in [0.5, 0.6) is 11.5 Å². The SMILES string of the molecule is NCC1CCN(c2ccc3c(c2)OCCO3)S1(=O)=O. The Bertz CT molecular complexity index is 587. The Morgan fingerprint density at radius 1 is 1.26 bits per heavy atom. The molecule has 0 aliphatic carbocycles. The van der Waals surface area contributed by atoms with Gasteiger partial charge in [-0.15, -0.1) is 0 Å². The third-order valence-electron chi connectivity index (χ3n) is 3.46. The quantitative estimate of drug-likeness (QED) is 0.846. The molecule has 104 valence electrons. The first-order valence-corrected chi connectivity index (χ1v) is 7.74. The molecule has 6 nitrogen and oxygen atoms in total. The summed E-state index contributed by atoms with van der Waals surface area (Å²) in [5.74, 6) is 1.25. The van der Waals surface area contributed by atoms with Crippen molar-refractivity contribution in [3.63, 3.8) is 0 Å². The Labute approximate surface area is 112 Å². The molecule has 0 bridgehead atoms. The largest absolute Gasteiger partial charge is 0.486 e. The van der Waals surface area contributed by atoms with E-state index in [0.29, 0.717) is 43.4 Å². The lowest BCUT2D eigenvalue weighted by atomic mass is 10.2. The highest BCUT2D eigenvalue weighted by atomic mass is 32.2. The summed E-state index contributed by atoms with van der Waals surface area (Å²) >= 11 is 0. The van der Waals surface area contributed by atoms with Gasteiger partial charge in [0, 0.05) is 19.2 Å². The minimum Gasteiger partial charge on any atom is -0.486 e. The highest BCUT2D eigenvalue weighted by Gasteiger charge is 2.38. The van der Waals surface area contributed by atoms with E-state index in [4.69, 9.17) is 15.2 Å². The number of ether oxygens (including phenoxy) is 2. The van der Waals surface area contributed by atoms with Crippen LogP contribution in [-0.4, -0.2) is 40.0 Å². The fourth-order valence-electron chi connectivity index (χ4n) is 2.42. The summed E-state index contributed by atoms with van der Waals surface area (Å²) in [6, 6.07) is 5.20. The van der Waals surface area contributed by atoms with Crippen molar-refractivity contribution in [2.75, 3.05) is 30.6 Å². The van der Waals surface area contributed by atoms with Gasteiger partial charge in [-0.05, 0) is 18.6 Å². The first-order chi connectivity index (χ1) is 9.13. The van der Waals surface area contributed by atoms with Crippen LogP contribution in [0.4, 0.5) is 5.69 Å². The minimum absolute atomic E-state index is 0.156. The van der Waals surface area contributed by atoms with Gasteiger partial charge in [0.1, 0.15) is 13.2 Å². The Balaban J connectivity index is 1.95. The van der Waals surface area contributed by atoms with Crippen LogP contribution in [-0.2, 0) is 10.0 Å². The van der Waals surface area contributed by atoms with Gasteiger partial charge in [0.2, 0.25) is 10.0 Å². The average molecular weight is 284 g/mol. The van der Waals surface area contributed by atoms with Gasteiger partial charge < -0.3 is 15.2 Å². The van der Waals surface area contributed by atoms with Crippen molar-refractivity contribution >= 4 is 15.7 Å². The molecule has 2 aliphatic rings. The van der Waals surface area contributed by atoms with Gasteiger partial charge in [0.05, 0.1) is 10.9 Å². The van der Waals surface area contributed by atoms with E-state index in [2.05, 4.69) is 0 Å². The summed E-state index contributed by atoms with van der Waals surface area (Å²) in [5, 5.41) is -0.485. The lowest BCUT2D eigenvalue weighted by Crippen LogP contribution is -2.33. The molecule has 3 rings (SSSR count). The molecule has 1 aromatic rings. The second kappa shape index (κ2) is 4.57. The van der Waals surface area contributed by atoms with Crippen LogP contribution in [0.3, 0.4) is 0 Å². The molecule has 19 heavy (non-hydrogen) atoms. The monoisotopic (exact) mass is 284 g/mol. The van der Waals surface area contributed by atoms with Gasteiger partial charge in [0.15, 0.2) is 11.5 Å². The van der Waals surface area contributed by atoms with Crippen molar-refractivity contribution < 1.29 is 17.9 Å². The topological polar surface area (TPSA) is 81.9 Å². The highest BCUT2D eigenvalue weighted by molar-refractivity contribution is 7.93. The standard InChI is InChI=1S/C12H16N2O4S/c13-8-10-3-4-14(19(10,15)16)9-1-2-11-12(7-9)18-6-5-17-11/h1-2,7,10H,3-6,8,13H2. The zero-order valence-corrected chi connectivity index (χ0v) is 11.2. The van der Waals surface area contributed by atoms with Crippen molar-refractivity contribution in [3.05, 3.63) is 18.2 Å². The van der Waals surface area contributed by atoms with E-state index in [1.54, 1.807) is 18.2 Å². The summed E-state index contributed by atoms with van der Waals surface area (Å²) in [4.78, 5) is 0. The molecule has 0 radical (unpaired) electrons. The molecular weight excluding hydrogens is 268 g/mol. The Morgan fingerprint density at radius 3 is 2.68 bits per heavy atom. The molecule has 2 heterocycles. The fourth-order valence-corrected chi connectivity index (χ4v) is 4.19. The van der Waals surface area contributed by atoms with E-state index in [-0.39, 0.29) is 6.54 Å². The number of rotatable bonds is 2. The lowest BCUT2D eigenvalue weighted by molar-refractivity contribution is 0.171. The normalized spacial score (nSPS) is 24.5. The number of benzene rings is 1. The van der Waals surface area contributed by atoms with Crippen LogP contribution in [0.15, 0.2) is 18.2 Å². The average Bonchev–Trinajstić information content (AvgIpc) is 2.72. The number of hydrogen-bond acceptors (Lipinski definition) is 5. The summed E-state index contributed by atoms with van der Waals surface area (Å²) in [6.45, 7) is 1.62. The predicted molar refractivity (Wildman–Crippen MR) is 71.2 cm³/mol. The lowest BCUT2D eigenvalue weighted by Gasteiger charge is -2.22. The van der Waals surface area contributed by atoms with E-state index in [1.807, 2.05) is 0 Å². The number of sulfonamides is 1. The van der Waals surface area contributed by atoms with Crippen molar-refractivity contribution in [2.24, 2.45) is 5.73 Å². The molecule has 1 saturated heterocycles. The van der Waals surface area contributed by atoms with E-state index in [9.17, 15) is 8.42 Å². The van der Waals surface area contributed by atoms with Gasteiger partial charge >= 0.3 is 0 Å². The third kappa shape index (κ3) is 2.02. The van der Waals surface area contributed by atoms with E-state index in [1.165, 1.54) is 4.31 Å². The molecule has 0 amide bonds. The molecular formula is C12H16N2O4S. The predicted octanol–water partition coefficient (Wildman–Crippen LogP) is 0.325. The molecule has 2 aliphatic heterocycles. The molecule has 0 spiro atoms. The molecule has 0 saturated carbocycles. The fraction of sp³-hybridized carbons (Fsp3) is 0.500. The molecule has 1 aromatic carbocycles. The van der Waals surface area contributed by atoms with E-state index in [0.717, 1.165) is 0 Å². The summed E-state index contributed by atoms with van der Waals surface area (Å²) in [5.41, 5.74) is 6.12. The van der Waals surface area contributed by atoms with Crippen LogP contribution >= 0.6 is 0 Å². The third-order valence-corrected chi connectivity index (χ3v) is 5.74. The van der Waals surface area contributed by atoms with Gasteiger partial charge in [-0.3, -0.25) is 4.31 Å². The summed E-state index contributed by atoms with van der Waals surface area (Å²) in [7, 11) is -3.35. The van der Waals surface area contributed by atoms with Crippen LogP contribution in [0.2, 0.25) is 0 Å². The van der Waals surface area contributed by atoms with Crippen molar-refractivity contribution in [3.8, 4) is 11.5 Å². The molecule has 7 heteroatoms.